The van der Waals surface area contributed by atoms with E-state index in [1.165, 1.54) is 23.4 Å². The van der Waals surface area contributed by atoms with Crippen LogP contribution < -0.4 is 5.32 Å². The maximum atomic E-state index is 6.04. The topological polar surface area (TPSA) is 34.1 Å². The molecule has 1 N–H and O–H groups in total. The van der Waals surface area contributed by atoms with Gasteiger partial charge < -0.3 is 10.1 Å². The van der Waals surface area contributed by atoms with E-state index in [0.29, 0.717) is 0 Å². The van der Waals surface area contributed by atoms with Crippen LogP contribution >= 0.6 is 11.3 Å². The Bertz CT molecular complexity index is 428. The van der Waals surface area contributed by atoms with Crippen LogP contribution in [0.5, 0.6) is 0 Å². The predicted molar refractivity (Wildman–Crippen MR) is 80.7 cm³/mol. The third-order valence-corrected chi connectivity index (χ3v) is 4.97. The van der Waals surface area contributed by atoms with E-state index in [-0.39, 0.29) is 11.0 Å². The quantitative estimate of drug-likeness (QED) is 0.920. The van der Waals surface area contributed by atoms with Gasteiger partial charge in [0.1, 0.15) is 10.6 Å². The number of aromatic nitrogens is 1. The van der Waals surface area contributed by atoms with Crippen molar-refractivity contribution in [1.82, 2.24) is 10.3 Å². The zero-order valence-corrected chi connectivity index (χ0v) is 13.6. The van der Waals surface area contributed by atoms with Crippen LogP contribution in [0.1, 0.15) is 62.5 Å². The van der Waals surface area contributed by atoms with Crippen molar-refractivity contribution in [1.29, 1.82) is 0 Å². The van der Waals surface area contributed by atoms with E-state index in [1.54, 1.807) is 0 Å². The molecule has 0 spiro atoms. The van der Waals surface area contributed by atoms with Crippen LogP contribution in [0.3, 0.4) is 0 Å². The van der Waals surface area contributed by atoms with Gasteiger partial charge in [-0.2, -0.15) is 0 Å². The van der Waals surface area contributed by atoms with Crippen LogP contribution in [-0.4, -0.2) is 18.6 Å². The van der Waals surface area contributed by atoms with Crippen LogP contribution in [0.25, 0.3) is 0 Å². The van der Waals surface area contributed by atoms with Crippen LogP contribution in [0.15, 0.2) is 0 Å². The van der Waals surface area contributed by atoms with Gasteiger partial charge in [-0.3, -0.25) is 0 Å². The van der Waals surface area contributed by atoms with E-state index in [0.717, 1.165) is 24.6 Å². The first-order chi connectivity index (χ1) is 8.87. The predicted octanol–water partition coefficient (Wildman–Crippen LogP) is 3.58. The summed E-state index contributed by atoms with van der Waals surface area (Å²) in [6.07, 6.45) is 3.50. The van der Waals surface area contributed by atoms with Crippen molar-refractivity contribution in [2.45, 2.75) is 64.5 Å². The molecule has 0 saturated carbocycles. The second-order valence-electron chi connectivity index (χ2n) is 6.61. The Morgan fingerprint density at radius 3 is 2.63 bits per heavy atom. The van der Waals surface area contributed by atoms with Crippen molar-refractivity contribution in [3.8, 4) is 0 Å². The van der Waals surface area contributed by atoms with Crippen molar-refractivity contribution in [2.75, 3.05) is 13.7 Å². The van der Waals surface area contributed by atoms with Crippen molar-refractivity contribution in [2.24, 2.45) is 0 Å². The van der Waals surface area contributed by atoms with Crippen LogP contribution in [0, 0.1) is 0 Å². The summed E-state index contributed by atoms with van der Waals surface area (Å²) in [6.45, 7) is 10.6. The minimum absolute atomic E-state index is 0.0892. The zero-order chi connectivity index (χ0) is 14.1. The maximum absolute atomic E-state index is 6.04. The van der Waals surface area contributed by atoms with E-state index in [1.807, 2.05) is 18.4 Å². The number of ether oxygens (including phenoxy) is 1. The molecule has 19 heavy (non-hydrogen) atoms. The molecule has 0 amide bonds. The van der Waals surface area contributed by atoms with Gasteiger partial charge in [-0.05, 0) is 33.2 Å². The van der Waals surface area contributed by atoms with Crippen LogP contribution in [-0.2, 0) is 22.3 Å². The summed E-state index contributed by atoms with van der Waals surface area (Å²) >= 11 is 1.82. The molecule has 0 radical (unpaired) electrons. The van der Waals surface area contributed by atoms with Crippen LogP contribution in [0.4, 0.5) is 0 Å². The van der Waals surface area contributed by atoms with E-state index in [4.69, 9.17) is 9.72 Å². The molecule has 1 atom stereocenters. The SMILES string of the molecule is CNCc1sc(C2(C)CCCCO2)nc1C(C)(C)C. The lowest BCUT2D eigenvalue weighted by Gasteiger charge is -2.32. The third-order valence-electron chi connectivity index (χ3n) is 3.67. The molecule has 3 nitrogen and oxygen atoms in total. The Morgan fingerprint density at radius 1 is 1.37 bits per heavy atom. The summed E-state index contributed by atoms with van der Waals surface area (Å²) in [6, 6.07) is 0. The third kappa shape index (κ3) is 3.18. The first kappa shape index (κ1) is 14.9. The van der Waals surface area contributed by atoms with Gasteiger partial charge in [-0.15, -0.1) is 11.3 Å². The Balaban J connectivity index is 2.36. The van der Waals surface area contributed by atoms with E-state index in [2.05, 4.69) is 33.0 Å². The zero-order valence-electron chi connectivity index (χ0n) is 12.8. The van der Waals surface area contributed by atoms with Crippen molar-refractivity contribution < 1.29 is 4.74 Å². The van der Waals surface area contributed by atoms with Gasteiger partial charge in [0.25, 0.3) is 0 Å². The van der Waals surface area contributed by atoms with Gasteiger partial charge in [0.2, 0.25) is 0 Å². The smallest absolute Gasteiger partial charge is 0.125 e. The summed E-state index contributed by atoms with van der Waals surface area (Å²) < 4.78 is 6.04. The fraction of sp³-hybridized carbons (Fsp3) is 0.800. The first-order valence-electron chi connectivity index (χ1n) is 7.16. The van der Waals surface area contributed by atoms with Gasteiger partial charge in [0.05, 0.1) is 5.69 Å². The summed E-state index contributed by atoms with van der Waals surface area (Å²) in [7, 11) is 1.99. The van der Waals surface area contributed by atoms with E-state index >= 15 is 0 Å². The Labute approximate surface area is 120 Å². The fourth-order valence-electron chi connectivity index (χ4n) is 2.55. The molecule has 4 heteroatoms. The van der Waals surface area contributed by atoms with Crippen molar-refractivity contribution in [3.05, 3.63) is 15.6 Å². The highest BCUT2D eigenvalue weighted by Gasteiger charge is 2.35. The molecule has 2 rings (SSSR count). The summed E-state index contributed by atoms with van der Waals surface area (Å²) in [5.74, 6) is 0. The molecule has 1 fully saturated rings. The Morgan fingerprint density at radius 2 is 2.11 bits per heavy atom. The highest BCUT2D eigenvalue weighted by molar-refractivity contribution is 7.11. The minimum atomic E-state index is -0.172. The molecule has 1 aliphatic rings. The molecule has 0 aromatic carbocycles. The summed E-state index contributed by atoms with van der Waals surface area (Å²) in [5.41, 5.74) is 1.14. The van der Waals surface area contributed by atoms with Gasteiger partial charge in [0.15, 0.2) is 0 Å². The number of hydrogen-bond donors (Lipinski definition) is 1. The highest BCUT2D eigenvalue weighted by Crippen LogP contribution is 2.40. The van der Waals surface area contributed by atoms with Crippen molar-refractivity contribution >= 4 is 11.3 Å². The molecule has 1 aromatic rings. The van der Waals surface area contributed by atoms with Gasteiger partial charge >= 0.3 is 0 Å². The molecule has 2 heterocycles. The average molecular weight is 282 g/mol. The number of rotatable bonds is 3. The lowest BCUT2D eigenvalue weighted by Crippen LogP contribution is -2.30. The second kappa shape index (κ2) is 5.51. The highest BCUT2D eigenvalue weighted by atomic mass is 32.1. The molecule has 108 valence electrons. The lowest BCUT2D eigenvalue weighted by molar-refractivity contribution is -0.0703. The Hall–Kier alpha value is -0.450. The normalized spacial score (nSPS) is 24.7. The number of thiazole rings is 1. The number of hydrogen-bond acceptors (Lipinski definition) is 4. The standard InChI is InChI=1S/C15H26N2OS/c1-14(2,3)12-11(10-16-5)19-13(17-12)15(4)8-6-7-9-18-15/h16H,6-10H2,1-5H3. The minimum Gasteiger partial charge on any atom is -0.368 e. The second-order valence-corrected chi connectivity index (χ2v) is 7.69. The van der Waals surface area contributed by atoms with Gasteiger partial charge in [-0.1, -0.05) is 20.8 Å². The van der Waals surface area contributed by atoms with Crippen molar-refractivity contribution in [3.63, 3.8) is 0 Å². The Kier molecular flexibility index (Phi) is 4.33. The first-order valence-corrected chi connectivity index (χ1v) is 7.98. The monoisotopic (exact) mass is 282 g/mol. The number of nitrogens with zero attached hydrogens (tertiary/aromatic N) is 1. The molecule has 1 saturated heterocycles. The molecule has 1 aliphatic heterocycles. The van der Waals surface area contributed by atoms with E-state index < -0.39 is 0 Å². The lowest BCUT2D eigenvalue weighted by atomic mass is 9.91. The van der Waals surface area contributed by atoms with Gasteiger partial charge in [-0.25, -0.2) is 4.98 Å². The summed E-state index contributed by atoms with van der Waals surface area (Å²) in [5, 5.41) is 4.41. The maximum Gasteiger partial charge on any atom is 0.125 e. The van der Waals surface area contributed by atoms with Crippen LogP contribution in [0.2, 0.25) is 0 Å². The largest absolute Gasteiger partial charge is 0.368 e. The van der Waals surface area contributed by atoms with Gasteiger partial charge in [0, 0.05) is 23.4 Å². The molecule has 1 aromatic heterocycles. The van der Waals surface area contributed by atoms with E-state index in [9.17, 15) is 0 Å². The molecule has 1 unspecified atom stereocenters. The molecular weight excluding hydrogens is 256 g/mol. The molecule has 0 bridgehead atoms. The fourth-order valence-corrected chi connectivity index (χ4v) is 3.96. The molecular formula is C15H26N2OS. The average Bonchev–Trinajstić information content (AvgIpc) is 2.75. The number of nitrogens with one attached hydrogen (secondary N) is 1. The molecule has 0 aliphatic carbocycles. The summed E-state index contributed by atoms with van der Waals surface area (Å²) in [4.78, 5) is 6.30.